The summed E-state index contributed by atoms with van der Waals surface area (Å²) in [6.07, 6.45) is -2.70. The van der Waals surface area contributed by atoms with Crippen molar-refractivity contribution in [2.24, 2.45) is 0 Å². The van der Waals surface area contributed by atoms with Crippen LogP contribution in [0.3, 0.4) is 0 Å². The van der Waals surface area contributed by atoms with Crippen LogP contribution in [0, 0.1) is 5.95 Å². The van der Waals surface area contributed by atoms with E-state index < -0.39 is 12.4 Å². The van der Waals surface area contributed by atoms with Gasteiger partial charge in [-0.25, -0.2) is 13.8 Å². The second-order valence-corrected chi connectivity index (χ2v) is 3.60. The van der Waals surface area contributed by atoms with Gasteiger partial charge >= 0.3 is 0 Å². The predicted octanol–water partition coefficient (Wildman–Crippen LogP) is 3.82. The van der Waals surface area contributed by atoms with Gasteiger partial charge in [-0.1, -0.05) is 15.9 Å². The minimum atomic E-state index is -2.70. The lowest BCUT2D eigenvalue weighted by atomic mass is 10.2. The zero-order chi connectivity index (χ0) is 10.0. The Morgan fingerprint density at radius 2 is 2.08 bits per heavy atom. The van der Waals surface area contributed by atoms with Gasteiger partial charge in [-0.15, -0.1) is 0 Å². The number of alkyl halides is 3. The van der Waals surface area contributed by atoms with Crippen molar-refractivity contribution in [1.29, 1.82) is 0 Å². The zero-order valence-electron chi connectivity index (χ0n) is 6.20. The summed E-state index contributed by atoms with van der Waals surface area (Å²) in [6.45, 7) is 0. The number of aromatic nitrogens is 1. The summed E-state index contributed by atoms with van der Waals surface area (Å²) >= 11 is 5.72. The lowest BCUT2D eigenvalue weighted by Crippen LogP contribution is -1.97. The molecule has 0 atom stereocenters. The molecule has 0 saturated carbocycles. The number of hydrogen-bond acceptors (Lipinski definition) is 1. The van der Waals surface area contributed by atoms with Crippen molar-refractivity contribution in [1.82, 2.24) is 4.98 Å². The van der Waals surface area contributed by atoms with Crippen molar-refractivity contribution in [2.75, 3.05) is 0 Å². The lowest BCUT2D eigenvalue weighted by molar-refractivity contribution is 0.149. The largest absolute Gasteiger partial charge is 0.265 e. The van der Waals surface area contributed by atoms with Gasteiger partial charge in [-0.2, -0.15) is 4.39 Å². The zero-order valence-corrected chi connectivity index (χ0v) is 9.37. The molecule has 1 heterocycles. The van der Waals surface area contributed by atoms with Gasteiger partial charge in [0.15, 0.2) is 0 Å². The minimum Gasteiger partial charge on any atom is -0.223 e. The van der Waals surface area contributed by atoms with E-state index in [9.17, 15) is 13.2 Å². The molecule has 0 aliphatic rings. The molecule has 72 valence electrons. The molecule has 0 aliphatic carbocycles. The molecule has 1 rings (SSSR count). The van der Waals surface area contributed by atoms with Crippen LogP contribution >= 0.6 is 31.9 Å². The molecule has 13 heavy (non-hydrogen) atoms. The lowest BCUT2D eigenvalue weighted by Gasteiger charge is -2.05. The van der Waals surface area contributed by atoms with E-state index in [1.165, 1.54) is 0 Å². The van der Waals surface area contributed by atoms with Crippen LogP contribution in [0.25, 0.3) is 0 Å². The summed E-state index contributed by atoms with van der Waals surface area (Å²) in [7, 11) is 0. The van der Waals surface area contributed by atoms with E-state index in [0.29, 0.717) is 0 Å². The molecule has 0 N–H and O–H groups in total. The Bertz CT molecular complexity index is 317. The summed E-state index contributed by atoms with van der Waals surface area (Å²) in [6, 6.07) is 1.16. The van der Waals surface area contributed by atoms with E-state index in [1.54, 1.807) is 0 Å². The quantitative estimate of drug-likeness (QED) is 0.597. The van der Waals surface area contributed by atoms with Crippen molar-refractivity contribution < 1.29 is 13.2 Å². The van der Waals surface area contributed by atoms with E-state index in [0.717, 1.165) is 6.07 Å². The van der Waals surface area contributed by atoms with E-state index in [-0.39, 0.29) is 21.1 Å². The first-order chi connectivity index (χ1) is 6.06. The van der Waals surface area contributed by atoms with Crippen molar-refractivity contribution >= 4 is 31.9 Å². The highest BCUT2D eigenvalue weighted by molar-refractivity contribution is 9.10. The first-order valence-electron chi connectivity index (χ1n) is 3.25. The van der Waals surface area contributed by atoms with Crippen LogP contribution in [0.2, 0.25) is 0 Å². The highest BCUT2D eigenvalue weighted by Crippen LogP contribution is 2.29. The maximum Gasteiger partial charge on any atom is 0.265 e. The Balaban J connectivity index is 3.25. The molecule has 0 radical (unpaired) electrons. The molecule has 0 bridgehead atoms. The van der Waals surface area contributed by atoms with Gasteiger partial charge in [0.25, 0.3) is 6.43 Å². The SMILES string of the molecule is Fc1nc(CBr)cc(C(F)F)c1Br. The van der Waals surface area contributed by atoms with Gasteiger partial charge in [-0.05, 0) is 22.0 Å². The van der Waals surface area contributed by atoms with Crippen molar-refractivity contribution in [2.45, 2.75) is 11.8 Å². The summed E-state index contributed by atoms with van der Waals surface area (Å²) in [5, 5.41) is 0.247. The fraction of sp³-hybridized carbons (Fsp3) is 0.286. The Kier molecular flexibility index (Phi) is 3.73. The van der Waals surface area contributed by atoms with E-state index in [2.05, 4.69) is 36.8 Å². The molecule has 0 unspecified atom stereocenters. The number of hydrogen-bond donors (Lipinski definition) is 0. The van der Waals surface area contributed by atoms with Gasteiger partial charge < -0.3 is 0 Å². The maximum atomic E-state index is 12.9. The van der Waals surface area contributed by atoms with Gasteiger partial charge in [0.1, 0.15) is 0 Å². The molecule has 0 spiro atoms. The molecule has 6 heteroatoms. The Labute approximate surface area is 89.6 Å². The third-order valence-electron chi connectivity index (χ3n) is 1.37. The molecule has 0 saturated heterocycles. The molecule has 0 amide bonds. The summed E-state index contributed by atoms with van der Waals surface area (Å²) < 4.78 is 37.2. The minimum absolute atomic E-state index is 0.246. The highest BCUT2D eigenvalue weighted by Gasteiger charge is 2.17. The molecule has 1 nitrogen and oxygen atoms in total. The Hall–Kier alpha value is -0.100. The normalized spacial score (nSPS) is 10.9. The molecule has 0 aliphatic heterocycles. The van der Waals surface area contributed by atoms with Crippen LogP contribution in [-0.2, 0) is 5.33 Å². The molecule has 1 aromatic rings. The van der Waals surface area contributed by atoms with Gasteiger partial charge in [0.2, 0.25) is 5.95 Å². The van der Waals surface area contributed by atoms with Gasteiger partial charge in [0.05, 0.1) is 10.2 Å². The first-order valence-corrected chi connectivity index (χ1v) is 5.16. The van der Waals surface area contributed by atoms with Crippen molar-refractivity contribution in [3.8, 4) is 0 Å². The summed E-state index contributed by atoms with van der Waals surface area (Å²) in [4.78, 5) is 3.44. The smallest absolute Gasteiger partial charge is 0.223 e. The van der Waals surface area contributed by atoms with Crippen LogP contribution in [0.15, 0.2) is 10.5 Å². The van der Waals surface area contributed by atoms with Gasteiger partial charge in [0, 0.05) is 10.9 Å². The second kappa shape index (κ2) is 4.41. The summed E-state index contributed by atoms with van der Waals surface area (Å²) in [5.41, 5.74) is -0.127. The standard InChI is InChI=1S/C7H4Br2F3N/c8-2-3-1-4(6(10)11)5(9)7(12)13-3/h1,6H,2H2. The van der Waals surface area contributed by atoms with E-state index in [4.69, 9.17) is 0 Å². The van der Waals surface area contributed by atoms with Crippen LogP contribution in [-0.4, -0.2) is 4.98 Å². The van der Waals surface area contributed by atoms with Crippen LogP contribution in [0.4, 0.5) is 13.2 Å². The predicted molar refractivity (Wildman–Crippen MR) is 49.5 cm³/mol. The third-order valence-corrected chi connectivity index (χ3v) is 2.73. The monoisotopic (exact) mass is 317 g/mol. The van der Waals surface area contributed by atoms with E-state index in [1.807, 2.05) is 0 Å². The van der Waals surface area contributed by atoms with Crippen molar-refractivity contribution in [3.05, 3.63) is 27.7 Å². The van der Waals surface area contributed by atoms with Gasteiger partial charge in [-0.3, -0.25) is 0 Å². The molecular weight excluding hydrogens is 315 g/mol. The fourth-order valence-electron chi connectivity index (χ4n) is 0.797. The topological polar surface area (TPSA) is 12.9 Å². The molecular formula is C7H4Br2F3N. The Morgan fingerprint density at radius 1 is 1.46 bits per heavy atom. The van der Waals surface area contributed by atoms with Crippen LogP contribution in [0.5, 0.6) is 0 Å². The van der Waals surface area contributed by atoms with Crippen LogP contribution in [0.1, 0.15) is 17.7 Å². The first kappa shape index (κ1) is 11.0. The molecule has 0 fully saturated rings. The molecule has 0 aromatic carbocycles. The molecule has 1 aromatic heterocycles. The average molecular weight is 319 g/mol. The number of halogens is 5. The number of pyridine rings is 1. The van der Waals surface area contributed by atoms with Crippen molar-refractivity contribution in [3.63, 3.8) is 0 Å². The van der Waals surface area contributed by atoms with Crippen LogP contribution < -0.4 is 0 Å². The summed E-state index contributed by atoms with van der Waals surface area (Å²) in [5.74, 6) is -0.910. The van der Waals surface area contributed by atoms with E-state index >= 15 is 0 Å². The average Bonchev–Trinajstić information content (AvgIpc) is 2.09. The fourth-order valence-corrected chi connectivity index (χ4v) is 1.46. The Morgan fingerprint density at radius 3 is 2.54 bits per heavy atom. The number of rotatable bonds is 2. The number of nitrogens with zero attached hydrogens (tertiary/aromatic N) is 1. The second-order valence-electron chi connectivity index (χ2n) is 2.24. The maximum absolute atomic E-state index is 12.9. The third kappa shape index (κ3) is 2.43. The highest BCUT2D eigenvalue weighted by atomic mass is 79.9.